The lowest BCUT2D eigenvalue weighted by molar-refractivity contribution is -0.123. The van der Waals surface area contributed by atoms with Crippen molar-refractivity contribution in [3.63, 3.8) is 0 Å². The van der Waals surface area contributed by atoms with Crippen molar-refractivity contribution in [2.24, 2.45) is 0 Å². The number of carbonyl (C=O) groups is 2. The number of fused-ring (bicyclic) bond motifs is 1. The van der Waals surface area contributed by atoms with Gasteiger partial charge < -0.3 is 15.6 Å². The van der Waals surface area contributed by atoms with Crippen LogP contribution in [-0.2, 0) is 11.2 Å². The third-order valence-electron chi connectivity index (χ3n) is 5.17. The summed E-state index contributed by atoms with van der Waals surface area (Å²) < 4.78 is 0. The number of aromatic nitrogens is 1. The van der Waals surface area contributed by atoms with Gasteiger partial charge in [-0.25, -0.2) is 0 Å². The third-order valence-corrected chi connectivity index (χ3v) is 5.70. The number of H-pyrrole nitrogens is 1. The van der Waals surface area contributed by atoms with Gasteiger partial charge in [0.05, 0.1) is 10.6 Å². The van der Waals surface area contributed by atoms with Crippen molar-refractivity contribution >= 4 is 57.3 Å². The number of rotatable bonds is 6. The summed E-state index contributed by atoms with van der Waals surface area (Å²) in [6.07, 6.45) is 2.09. The van der Waals surface area contributed by atoms with Crippen molar-refractivity contribution in [3.05, 3.63) is 101 Å². The van der Waals surface area contributed by atoms with Crippen LogP contribution in [-0.4, -0.2) is 28.0 Å². The number of aromatic amines is 1. The van der Waals surface area contributed by atoms with Crippen molar-refractivity contribution in [2.45, 2.75) is 12.5 Å². The summed E-state index contributed by atoms with van der Waals surface area (Å²) in [5.41, 5.74) is 8.17. The second-order valence-electron chi connectivity index (χ2n) is 7.50. The van der Waals surface area contributed by atoms with Crippen molar-refractivity contribution < 1.29 is 9.59 Å². The molecule has 1 heterocycles. The highest BCUT2D eigenvalue weighted by Gasteiger charge is 2.24. The largest absolute Gasteiger partial charge is 0.361 e. The summed E-state index contributed by atoms with van der Waals surface area (Å²) in [4.78, 5) is 29.2. The van der Waals surface area contributed by atoms with Gasteiger partial charge in [-0.2, -0.15) is 0 Å². The molecule has 1 atom stereocenters. The lowest BCUT2D eigenvalue weighted by Crippen LogP contribution is -2.53. The lowest BCUT2D eigenvalue weighted by Gasteiger charge is -2.20. The van der Waals surface area contributed by atoms with Crippen molar-refractivity contribution in [2.75, 3.05) is 5.32 Å². The second kappa shape index (κ2) is 10.8. The summed E-state index contributed by atoms with van der Waals surface area (Å²) in [6, 6.07) is 22.9. The minimum Gasteiger partial charge on any atom is -0.361 e. The highest BCUT2D eigenvalue weighted by atomic mass is 35.5. The summed E-state index contributed by atoms with van der Waals surface area (Å²) in [6.45, 7) is 0. The fourth-order valence-corrected chi connectivity index (χ4v) is 3.89. The molecule has 9 heteroatoms. The quantitative estimate of drug-likeness (QED) is 0.206. The van der Waals surface area contributed by atoms with Crippen LogP contribution in [0.15, 0.2) is 85.1 Å². The van der Waals surface area contributed by atoms with Gasteiger partial charge in [0.1, 0.15) is 6.04 Å². The van der Waals surface area contributed by atoms with E-state index in [1.807, 2.05) is 60.8 Å². The number of hydrazine groups is 1. The van der Waals surface area contributed by atoms with E-state index in [0.29, 0.717) is 5.02 Å². The van der Waals surface area contributed by atoms with E-state index in [1.54, 1.807) is 24.3 Å². The molecular formula is C25H22ClN5O2S. The number of hydrogen-bond donors (Lipinski definition) is 5. The minimum absolute atomic E-state index is 0.211. The minimum atomic E-state index is -0.894. The number of carbonyl (C=O) groups excluding carboxylic acids is 2. The second-order valence-corrected chi connectivity index (χ2v) is 8.32. The molecule has 5 N–H and O–H groups in total. The molecule has 34 heavy (non-hydrogen) atoms. The molecule has 172 valence electrons. The van der Waals surface area contributed by atoms with Crippen molar-refractivity contribution in [3.8, 4) is 0 Å². The zero-order valence-electron chi connectivity index (χ0n) is 18.0. The molecule has 0 saturated heterocycles. The first-order valence-electron chi connectivity index (χ1n) is 10.5. The van der Waals surface area contributed by atoms with Crippen molar-refractivity contribution in [1.82, 2.24) is 21.2 Å². The predicted molar refractivity (Wildman–Crippen MR) is 139 cm³/mol. The van der Waals surface area contributed by atoms with Gasteiger partial charge in [0.15, 0.2) is 5.11 Å². The van der Waals surface area contributed by atoms with E-state index in [4.69, 9.17) is 23.8 Å². The molecule has 0 aliphatic heterocycles. The number of benzene rings is 3. The Balaban J connectivity index is 1.49. The molecule has 7 nitrogen and oxygen atoms in total. The summed E-state index contributed by atoms with van der Waals surface area (Å²) in [5.74, 6) is -0.904. The number of para-hydroxylation sites is 2. The van der Waals surface area contributed by atoms with E-state index in [9.17, 15) is 9.59 Å². The Labute approximate surface area is 206 Å². The molecule has 3 aromatic carbocycles. The summed E-state index contributed by atoms with van der Waals surface area (Å²) in [7, 11) is 0. The Kier molecular flexibility index (Phi) is 7.41. The van der Waals surface area contributed by atoms with Crippen LogP contribution in [0.4, 0.5) is 5.69 Å². The van der Waals surface area contributed by atoms with E-state index in [2.05, 4.69) is 26.5 Å². The van der Waals surface area contributed by atoms with Crippen LogP contribution in [0.25, 0.3) is 10.9 Å². The molecule has 0 fully saturated rings. The normalized spacial score (nSPS) is 11.4. The Bertz CT molecular complexity index is 1330. The molecule has 0 aliphatic carbocycles. The van der Waals surface area contributed by atoms with E-state index < -0.39 is 17.9 Å². The molecule has 0 bridgehead atoms. The van der Waals surface area contributed by atoms with E-state index in [0.717, 1.165) is 22.2 Å². The Morgan fingerprint density at radius 3 is 2.41 bits per heavy atom. The molecule has 0 radical (unpaired) electrons. The number of thiocarbonyl (C=S) groups is 1. The van der Waals surface area contributed by atoms with Gasteiger partial charge in [-0.3, -0.25) is 20.4 Å². The van der Waals surface area contributed by atoms with E-state index in [-0.39, 0.29) is 17.1 Å². The zero-order valence-corrected chi connectivity index (χ0v) is 19.5. The molecule has 4 rings (SSSR count). The monoisotopic (exact) mass is 491 g/mol. The lowest BCUT2D eigenvalue weighted by atomic mass is 10.0. The maximum absolute atomic E-state index is 13.1. The average Bonchev–Trinajstić information content (AvgIpc) is 3.26. The number of hydrogen-bond acceptors (Lipinski definition) is 3. The first kappa shape index (κ1) is 23.3. The topological polar surface area (TPSA) is 98.0 Å². The molecule has 2 amide bonds. The predicted octanol–water partition coefficient (Wildman–Crippen LogP) is 4.18. The number of anilines is 1. The fourth-order valence-electron chi connectivity index (χ4n) is 3.50. The van der Waals surface area contributed by atoms with Crippen LogP contribution in [0.3, 0.4) is 0 Å². The molecule has 1 aromatic heterocycles. The Morgan fingerprint density at radius 2 is 1.62 bits per heavy atom. The van der Waals surface area contributed by atoms with Crippen LogP contribution in [0.5, 0.6) is 0 Å². The van der Waals surface area contributed by atoms with Crippen LogP contribution in [0, 0.1) is 0 Å². The molecule has 4 aromatic rings. The molecule has 0 aliphatic rings. The van der Waals surface area contributed by atoms with E-state index >= 15 is 0 Å². The maximum Gasteiger partial charge on any atom is 0.261 e. The standard InChI is InChI=1S/C25H22ClN5O2S/c26-20-12-6-4-11-19(20)23(32)29-22(14-16-15-27-21-13-7-5-10-18(16)21)24(33)30-31-25(34)28-17-8-2-1-3-9-17/h1-13,15,22,27H,14H2,(H,29,32)(H,30,33)(H2,28,31,34). The third kappa shape index (κ3) is 5.72. The van der Waals surface area contributed by atoms with Crippen LogP contribution >= 0.6 is 23.8 Å². The van der Waals surface area contributed by atoms with Gasteiger partial charge in [-0.05, 0) is 48.1 Å². The highest BCUT2D eigenvalue weighted by molar-refractivity contribution is 7.80. The van der Waals surface area contributed by atoms with Crippen molar-refractivity contribution in [1.29, 1.82) is 0 Å². The number of halogens is 1. The van der Waals surface area contributed by atoms with Gasteiger partial charge >= 0.3 is 0 Å². The van der Waals surface area contributed by atoms with Crippen LogP contribution in [0.1, 0.15) is 15.9 Å². The highest BCUT2D eigenvalue weighted by Crippen LogP contribution is 2.20. The SMILES string of the molecule is O=C(NC(Cc1c[nH]c2ccccc12)C(=O)NNC(=S)Nc1ccccc1)c1ccccc1Cl. The first-order valence-corrected chi connectivity index (χ1v) is 11.3. The average molecular weight is 492 g/mol. The van der Waals surface area contributed by atoms with Crippen LogP contribution in [0.2, 0.25) is 5.02 Å². The van der Waals surface area contributed by atoms with E-state index in [1.165, 1.54) is 0 Å². The first-order chi connectivity index (χ1) is 16.5. The Morgan fingerprint density at radius 1 is 0.912 bits per heavy atom. The van der Waals surface area contributed by atoms with Gasteiger partial charge in [0.25, 0.3) is 11.8 Å². The fraction of sp³-hybridized carbons (Fsp3) is 0.0800. The van der Waals surface area contributed by atoms with Crippen LogP contribution < -0.4 is 21.5 Å². The zero-order chi connectivity index (χ0) is 23.9. The van der Waals surface area contributed by atoms with Gasteiger partial charge in [0, 0.05) is 29.2 Å². The molecule has 1 unspecified atom stereocenters. The smallest absolute Gasteiger partial charge is 0.261 e. The number of amides is 2. The van der Waals surface area contributed by atoms with Gasteiger partial charge in [-0.1, -0.05) is 60.1 Å². The number of nitrogens with one attached hydrogen (secondary N) is 5. The molecule has 0 saturated carbocycles. The summed E-state index contributed by atoms with van der Waals surface area (Å²) >= 11 is 11.4. The van der Waals surface area contributed by atoms with Gasteiger partial charge in [0.2, 0.25) is 0 Å². The molecule has 0 spiro atoms. The summed E-state index contributed by atoms with van der Waals surface area (Å²) in [5, 5.41) is 7.26. The maximum atomic E-state index is 13.1. The van der Waals surface area contributed by atoms with Gasteiger partial charge in [-0.15, -0.1) is 0 Å². The Hall–Kier alpha value is -3.88. The molecular weight excluding hydrogens is 470 g/mol.